The average Bonchev–Trinajstić information content (AvgIpc) is 2.58. The second-order valence-corrected chi connectivity index (χ2v) is 5.64. The van der Waals surface area contributed by atoms with Crippen molar-refractivity contribution in [1.29, 1.82) is 0 Å². The number of pyridine rings is 1. The van der Waals surface area contributed by atoms with Gasteiger partial charge in [0.25, 0.3) is 0 Å². The lowest BCUT2D eigenvalue weighted by atomic mass is 10.3. The molecule has 1 saturated heterocycles. The molecule has 0 bridgehead atoms. The summed E-state index contributed by atoms with van der Waals surface area (Å²) in [5.74, 6) is 0.744. The molecule has 0 aliphatic carbocycles. The molecule has 120 valence electrons. The van der Waals surface area contributed by atoms with Crippen molar-refractivity contribution in [3.63, 3.8) is 0 Å². The van der Waals surface area contributed by atoms with Gasteiger partial charge in [-0.05, 0) is 31.3 Å². The second-order valence-electron chi connectivity index (χ2n) is 5.64. The van der Waals surface area contributed by atoms with Crippen molar-refractivity contribution < 1.29 is 4.79 Å². The Balaban J connectivity index is 1.56. The first-order valence-corrected chi connectivity index (χ1v) is 7.73. The predicted molar refractivity (Wildman–Crippen MR) is 92.1 cm³/mol. The van der Waals surface area contributed by atoms with E-state index in [1.807, 2.05) is 47.4 Å². The predicted octanol–water partition coefficient (Wildman–Crippen LogP) is 2.60. The largest absolute Gasteiger partial charge is 0.340 e. The fraction of sp³-hybridized carbons (Fsp3) is 0.294. The average molecular weight is 311 g/mol. The molecule has 3 rings (SSSR count). The van der Waals surface area contributed by atoms with E-state index < -0.39 is 0 Å². The number of rotatable bonds is 3. The number of carbonyl (C=O) groups excluding carboxylic acids is 1. The number of piperazine rings is 1. The number of anilines is 3. The summed E-state index contributed by atoms with van der Waals surface area (Å²) in [6.07, 6.45) is 1.67. The van der Waals surface area contributed by atoms with Gasteiger partial charge in [-0.2, -0.15) is 0 Å². The number of urea groups is 1. The maximum atomic E-state index is 12.2. The van der Waals surface area contributed by atoms with Gasteiger partial charge in [0.05, 0.1) is 11.9 Å². The molecule has 1 fully saturated rings. The van der Waals surface area contributed by atoms with E-state index in [1.54, 1.807) is 6.20 Å². The second kappa shape index (κ2) is 7.11. The number of amides is 2. The van der Waals surface area contributed by atoms with Crippen molar-refractivity contribution in [2.45, 2.75) is 0 Å². The summed E-state index contributed by atoms with van der Waals surface area (Å²) in [6.45, 7) is 3.32. The van der Waals surface area contributed by atoms with Crippen molar-refractivity contribution in [3.05, 3.63) is 48.7 Å². The molecule has 0 spiro atoms. The van der Waals surface area contributed by atoms with Crippen molar-refractivity contribution in [2.75, 3.05) is 43.9 Å². The van der Waals surface area contributed by atoms with E-state index >= 15 is 0 Å². The SMILES string of the molecule is CN1CCN(C(=O)Nc2ccc(Nc3ccccc3)nc2)CC1. The highest BCUT2D eigenvalue weighted by Crippen LogP contribution is 2.16. The molecule has 1 aliphatic rings. The minimum absolute atomic E-state index is 0.0660. The molecule has 2 heterocycles. The zero-order chi connectivity index (χ0) is 16.1. The Bertz CT molecular complexity index is 636. The Morgan fingerprint density at radius 2 is 1.74 bits per heavy atom. The first-order chi connectivity index (χ1) is 11.2. The lowest BCUT2D eigenvalue weighted by Gasteiger charge is -2.32. The van der Waals surface area contributed by atoms with Crippen LogP contribution in [-0.4, -0.2) is 54.0 Å². The van der Waals surface area contributed by atoms with Crippen LogP contribution in [0.1, 0.15) is 0 Å². The number of carbonyl (C=O) groups is 1. The summed E-state index contributed by atoms with van der Waals surface area (Å²) in [6, 6.07) is 13.5. The molecule has 6 heteroatoms. The lowest BCUT2D eigenvalue weighted by Crippen LogP contribution is -2.48. The quantitative estimate of drug-likeness (QED) is 0.915. The highest BCUT2D eigenvalue weighted by atomic mass is 16.2. The normalized spacial score (nSPS) is 15.3. The summed E-state index contributed by atoms with van der Waals surface area (Å²) < 4.78 is 0. The van der Waals surface area contributed by atoms with Crippen molar-refractivity contribution in [3.8, 4) is 0 Å². The van der Waals surface area contributed by atoms with Gasteiger partial charge >= 0.3 is 6.03 Å². The van der Waals surface area contributed by atoms with Crippen LogP contribution in [0.25, 0.3) is 0 Å². The summed E-state index contributed by atoms with van der Waals surface area (Å²) in [5, 5.41) is 6.11. The van der Waals surface area contributed by atoms with E-state index in [1.165, 1.54) is 0 Å². The van der Waals surface area contributed by atoms with Gasteiger partial charge in [0, 0.05) is 31.9 Å². The van der Waals surface area contributed by atoms with Crippen molar-refractivity contribution in [2.24, 2.45) is 0 Å². The topological polar surface area (TPSA) is 60.5 Å². The molecular weight excluding hydrogens is 290 g/mol. The third-order valence-electron chi connectivity index (χ3n) is 3.85. The van der Waals surface area contributed by atoms with Gasteiger partial charge in [-0.1, -0.05) is 18.2 Å². The van der Waals surface area contributed by atoms with Crippen LogP contribution in [0.5, 0.6) is 0 Å². The fourth-order valence-electron chi connectivity index (χ4n) is 2.42. The summed E-state index contributed by atoms with van der Waals surface area (Å²) >= 11 is 0. The standard InChI is InChI=1S/C17H21N5O/c1-21-9-11-22(12-10-21)17(23)20-15-7-8-16(18-13-15)19-14-5-3-2-4-6-14/h2-8,13H,9-12H2,1H3,(H,18,19)(H,20,23). The first kappa shape index (κ1) is 15.3. The lowest BCUT2D eigenvalue weighted by molar-refractivity contribution is 0.164. The van der Waals surface area contributed by atoms with Crippen molar-refractivity contribution >= 4 is 23.2 Å². The van der Waals surface area contributed by atoms with Crippen LogP contribution in [0.2, 0.25) is 0 Å². The van der Waals surface area contributed by atoms with Crippen LogP contribution in [0, 0.1) is 0 Å². The van der Waals surface area contributed by atoms with Crippen molar-refractivity contribution in [1.82, 2.24) is 14.8 Å². The van der Waals surface area contributed by atoms with Gasteiger partial charge in [-0.15, -0.1) is 0 Å². The number of hydrogen-bond acceptors (Lipinski definition) is 4. The van der Waals surface area contributed by atoms with Crippen LogP contribution in [-0.2, 0) is 0 Å². The molecular formula is C17H21N5O. The van der Waals surface area contributed by atoms with Gasteiger partial charge in [-0.25, -0.2) is 9.78 Å². The van der Waals surface area contributed by atoms with E-state index in [2.05, 4.69) is 27.6 Å². The van der Waals surface area contributed by atoms with Gasteiger partial charge in [0.2, 0.25) is 0 Å². The number of aromatic nitrogens is 1. The number of para-hydroxylation sites is 1. The maximum Gasteiger partial charge on any atom is 0.321 e. The number of likely N-dealkylation sites (N-methyl/N-ethyl adjacent to an activating group) is 1. The van der Waals surface area contributed by atoms with Gasteiger partial charge in [0.1, 0.15) is 5.82 Å². The zero-order valence-corrected chi connectivity index (χ0v) is 13.2. The fourth-order valence-corrected chi connectivity index (χ4v) is 2.42. The number of nitrogens with zero attached hydrogens (tertiary/aromatic N) is 3. The first-order valence-electron chi connectivity index (χ1n) is 7.73. The van der Waals surface area contributed by atoms with E-state index in [0.29, 0.717) is 5.69 Å². The molecule has 0 unspecified atom stereocenters. The summed E-state index contributed by atoms with van der Waals surface area (Å²) in [7, 11) is 2.07. The number of benzene rings is 1. The highest BCUT2D eigenvalue weighted by Gasteiger charge is 2.18. The molecule has 2 aromatic rings. The van der Waals surface area contributed by atoms with Crippen LogP contribution in [0.3, 0.4) is 0 Å². The smallest absolute Gasteiger partial charge is 0.321 e. The molecule has 1 aromatic heterocycles. The molecule has 0 radical (unpaired) electrons. The van der Waals surface area contributed by atoms with Crippen LogP contribution in [0.4, 0.5) is 22.0 Å². The zero-order valence-electron chi connectivity index (χ0n) is 13.2. The van der Waals surface area contributed by atoms with Gasteiger partial charge in [-0.3, -0.25) is 0 Å². The van der Waals surface area contributed by atoms with Gasteiger partial charge in [0.15, 0.2) is 0 Å². The van der Waals surface area contributed by atoms with Crippen LogP contribution in [0.15, 0.2) is 48.7 Å². The Hall–Kier alpha value is -2.60. The molecule has 6 nitrogen and oxygen atoms in total. The molecule has 23 heavy (non-hydrogen) atoms. The molecule has 1 aliphatic heterocycles. The minimum atomic E-state index is -0.0660. The van der Waals surface area contributed by atoms with E-state index in [4.69, 9.17) is 0 Å². The maximum absolute atomic E-state index is 12.2. The third kappa shape index (κ3) is 4.20. The van der Waals surface area contributed by atoms with Crippen LogP contribution >= 0.6 is 0 Å². The van der Waals surface area contributed by atoms with E-state index in [0.717, 1.165) is 37.7 Å². The molecule has 2 amide bonds. The number of nitrogens with one attached hydrogen (secondary N) is 2. The van der Waals surface area contributed by atoms with E-state index in [-0.39, 0.29) is 6.03 Å². The minimum Gasteiger partial charge on any atom is -0.340 e. The molecule has 0 atom stereocenters. The monoisotopic (exact) mass is 311 g/mol. The summed E-state index contributed by atoms with van der Waals surface area (Å²) in [4.78, 5) is 20.6. The molecule has 2 N–H and O–H groups in total. The Labute approximate surface area is 136 Å². The molecule has 0 saturated carbocycles. The third-order valence-corrected chi connectivity index (χ3v) is 3.85. The Kier molecular flexibility index (Phi) is 4.73. The summed E-state index contributed by atoms with van der Waals surface area (Å²) in [5.41, 5.74) is 1.68. The van der Waals surface area contributed by atoms with E-state index in [9.17, 15) is 4.79 Å². The highest BCUT2D eigenvalue weighted by molar-refractivity contribution is 5.89. The van der Waals surface area contributed by atoms with Gasteiger partial charge < -0.3 is 20.4 Å². The molecule has 1 aromatic carbocycles. The Morgan fingerprint density at radius 3 is 2.39 bits per heavy atom. The van der Waals surface area contributed by atoms with Crippen LogP contribution < -0.4 is 10.6 Å². The number of hydrogen-bond donors (Lipinski definition) is 2. The Morgan fingerprint density at radius 1 is 1.00 bits per heavy atom.